The van der Waals surface area contributed by atoms with E-state index in [0.717, 1.165) is 20.9 Å². The molecule has 0 spiro atoms. The van der Waals surface area contributed by atoms with E-state index in [0.29, 0.717) is 5.75 Å². The third kappa shape index (κ3) is 3.98. The van der Waals surface area contributed by atoms with E-state index in [9.17, 15) is 4.79 Å². The number of benzene rings is 2. The second-order valence-corrected chi connectivity index (χ2v) is 5.74. The maximum absolute atomic E-state index is 11.7. The van der Waals surface area contributed by atoms with Gasteiger partial charge in [0.05, 0.1) is 6.21 Å². The van der Waals surface area contributed by atoms with Crippen LogP contribution in [0.2, 0.25) is 0 Å². The number of aromatic amines is 1. The van der Waals surface area contributed by atoms with Crippen LogP contribution >= 0.6 is 15.9 Å². The molecule has 3 aromatic rings. The quantitative estimate of drug-likeness (QED) is 0.532. The zero-order chi connectivity index (χ0) is 16.1. The number of carbonyl (C=O) groups is 1. The normalized spacial score (nSPS) is 11.0. The zero-order valence-electron chi connectivity index (χ0n) is 12.1. The molecule has 2 aromatic carbocycles. The van der Waals surface area contributed by atoms with Gasteiger partial charge in [0.25, 0.3) is 5.91 Å². The Bertz CT molecular complexity index is 858. The Hall–Kier alpha value is -2.60. The summed E-state index contributed by atoms with van der Waals surface area (Å²) in [5.74, 6) is 0.302. The van der Waals surface area contributed by atoms with Crippen LogP contribution in [0.1, 0.15) is 5.56 Å². The van der Waals surface area contributed by atoms with Gasteiger partial charge < -0.3 is 9.72 Å². The molecule has 3 rings (SSSR count). The minimum atomic E-state index is -0.318. The van der Waals surface area contributed by atoms with Gasteiger partial charge >= 0.3 is 0 Å². The first-order chi connectivity index (χ1) is 11.2. The molecule has 2 N–H and O–H groups in total. The standard InChI is InChI=1S/C17H14BrN3O2/c18-13-4-3-5-14(8-13)23-11-17(22)21-20-10-12-9-19-16-7-2-1-6-15(12)16/h1-10,19H,11H2,(H,21,22). The van der Waals surface area contributed by atoms with E-state index in [-0.39, 0.29) is 12.5 Å². The molecule has 5 nitrogen and oxygen atoms in total. The summed E-state index contributed by atoms with van der Waals surface area (Å²) in [6, 6.07) is 15.2. The van der Waals surface area contributed by atoms with E-state index in [1.165, 1.54) is 0 Å². The van der Waals surface area contributed by atoms with E-state index in [4.69, 9.17) is 4.74 Å². The predicted octanol–water partition coefficient (Wildman–Crippen LogP) is 3.46. The summed E-state index contributed by atoms with van der Waals surface area (Å²) in [6.45, 7) is -0.0956. The lowest BCUT2D eigenvalue weighted by molar-refractivity contribution is -0.123. The van der Waals surface area contributed by atoms with Gasteiger partial charge in [-0.15, -0.1) is 0 Å². The third-order valence-electron chi connectivity index (χ3n) is 3.18. The summed E-state index contributed by atoms with van der Waals surface area (Å²) in [6.07, 6.45) is 3.45. The number of amides is 1. The fourth-order valence-corrected chi connectivity index (χ4v) is 2.49. The molecule has 0 saturated carbocycles. The molecule has 1 heterocycles. The highest BCUT2D eigenvalue weighted by Crippen LogP contribution is 2.17. The van der Waals surface area contributed by atoms with Gasteiger partial charge in [0, 0.05) is 27.1 Å². The lowest BCUT2D eigenvalue weighted by atomic mass is 10.2. The Morgan fingerprint density at radius 3 is 3.00 bits per heavy atom. The van der Waals surface area contributed by atoms with Crippen LogP contribution in [0.15, 0.2) is 64.3 Å². The van der Waals surface area contributed by atoms with Crippen molar-refractivity contribution in [1.29, 1.82) is 0 Å². The van der Waals surface area contributed by atoms with Crippen molar-refractivity contribution in [3.05, 3.63) is 64.8 Å². The summed E-state index contributed by atoms with van der Waals surface area (Å²) < 4.78 is 6.28. The first-order valence-corrected chi connectivity index (χ1v) is 7.78. The number of nitrogens with one attached hydrogen (secondary N) is 2. The Balaban J connectivity index is 1.54. The first-order valence-electron chi connectivity index (χ1n) is 6.99. The largest absolute Gasteiger partial charge is 0.484 e. The summed E-state index contributed by atoms with van der Waals surface area (Å²) in [7, 11) is 0. The van der Waals surface area contributed by atoms with E-state index >= 15 is 0 Å². The first kappa shape index (κ1) is 15.3. The maximum atomic E-state index is 11.7. The van der Waals surface area contributed by atoms with Crippen molar-refractivity contribution < 1.29 is 9.53 Å². The summed E-state index contributed by atoms with van der Waals surface area (Å²) in [5.41, 5.74) is 4.39. The molecule has 0 saturated heterocycles. The molecule has 0 aliphatic heterocycles. The van der Waals surface area contributed by atoms with Crippen LogP contribution in [0.3, 0.4) is 0 Å². The molecule has 116 valence electrons. The van der Waals surface area contributed by atoms with Gasteiger partial charge in [0.1, 0.15) is 5.75 Å². The lowest BCUT2D eigenvalue weighted by Gasteiger charge is -2.04. The molecule has 0 aliphatic carbocycles. The highest BCUT2D eigenvalue weighted by molar-refractivity contribution is 9.10. The highest BCUT2D eigenvalue weighted by Gasteiger charge is 2.03. The molecule has 6 heteroatoms. The second kappa shape index (κ2) is 7.11. The molecule has 0 fully saturated rings. The number of ether oxygens (including phenoxy) is 1. The molecule has 0 aliphatic rings. The van der Waals surface area contributed by atoms with Crippen molar-refractivity contribution in [3.8, 4) is 5.75 Å². The maximum Gasteiger partial charge on any atom is 0.277 e. The Morgan fingerprint density at radius 1 is 1.26 bits per heavy atom. The van der Waals surface area contributed by atoms with Crippen molar-refractivity contribution in [2.45, 2.75) is 0 Å². The zero-order valence-corrected chi connectivity index (χ0v) is 13.7. The van der Waals surface area contributed by atoms with Crippen LogP contribution in [0.5, 0.6) is 5.75 Å². The van der Waals surface area contributed by atoms with Crippen molar-refractivity contribution in [2.24, 2.45) is 5.10 Å². The minimum Gasteiger partial charge on any atom is -0.484 e. The number of nitrogens with zero attached hydrogens (tertiary/aromatic N) is 1. The molecule has 0 radical (unpaired) electrons. The van der Waals surface area contributed by atoms with E-state index < -0.39 is 0 Å². The molecular weight excluding hydrogens is 358 g/mol. The van der Waals surface area contributed by atoms with Crippen LogP contribution in [-0.4, -0.2) is 23.7 Å². The number of fused-ring (bicyclic) bond motifs is 1. The number of hydrogen-bond acceptors (Lipinski definition) is 3. The van der Waals surface area contributed by atoms with Crippen LogP contribution in [0.25, 0.3) is 10.9 Å². The highest BCUT2D eigenvalue weighted by atomic mass is 79.9. The smallest absolute Gasteiger partial charge is 0.277 e. The molecule has 0 atom stereocenters. The Labute approximate surface area is 141 Å². The van der Waals surface area contributed by atoms with Gasteiger partial charge in [0.2, 0.25) is 0 Å². The van der Waals surface area contributed by atoms with Crippen LogP contribution in [0.4, 0.5) is 0 Å². The molecule has 1 aromatic heterocycles. The number of carbonyl (C=O) groups excluding carboxylic acids is 1. The van der Waals surface area contributed by atoms with Gasteiger partial charge in [-0.25, -0.2) is 5.43 Å². The molecule has 0 bridgehead atoms. The summed E-state index contributed by atoms with van der Waals surface area (Å²) in [4.78, 5) is 14.9. The minimum absolute atomic E-state index is 0.0956. The van der Waals surface area contributed by atoms with Crippen molar-refractivity contribution in [2.75, 3.05) is 6.61 Å². The molecule has 23 heavy (non-hydrogen) atoms. The van der Waals surface area contributed by atoms with Gasteiger partial charge in [-0.05, 0) is 24.3 Å². The van der Waals surface area contributed by atoms with Crippen LogP contribution in [0, 0.1) is 0 Å². The van der Waals surface area contributed by atoms with Crippen molar-refractivity contribution in [1.82, 2.24) is 10.4 Å². The number of hydrogen-bond donors (Lipinski definition) is 2. The fourth-order valence-electron chi connectivity index (χ4n) is 2.11. The number of para-hydroxylation sites is 1. The van der Waals surface area contributed by atoms with Gasteiger partial charge in [0.15, 0.2) is 6.61 Å². The van der Waals surface area contributed by atoms with Gasteiger partial charge in [-0.1, -0.05) is 40.2 Å². The number of aromatic nitrogens is 1. The van der Waals surface area contributed by atoms with Crippen molar-refractivity contribution in [3.63, 3.8) is 0 Å². The molecule has 1 amide bonds. The fraction of sp³-hybridized carbons (Fsp3) is 0.0588. The molecular formula is C17H14BrN3O2. The Morgan fingerprint density at radius 2 is 2.13 bits per heavy atom. The number of hydrazone groups is 1. The SMILES string of the molecule is O=C(COc1cccc(Br)c1)NN=Cc1c[nH]c2ccccc12. The topological polar surface area (TPSA) is 66.5 Å². The second-order valence-electron chi connectivity index (χ2n) is 4.83. The molecule has 0 unspecified atom stereocenters. The van der Waals surface area contributed by atoms with Crippen LogP contribution in [-0.2, 0) is 4.79 Å². The Kier molecular flexibility index (Phi) is 4.73. The number of rotatable bonds is 5. The van der Waals surface area contributed by atoms with Crippen LogP contribution < -0.4 is 10.2 Å². The number of halogens is 1. The average molecular weight is 372 g/mol. The summed E-state index contributed by atoms with van der Waals surface area (Å²) in [5, 5.41) is 5.01. The third-order valence-corrected chi connectivity index (χ3v) is 3.67. The van der Waals surface area contributed by atoms with E-state index in [1.54, 1.807) is 18.3 Å². The lowest BCUT2D eigenvalue weighted by Crippen LogP contribution is -2.24. The van der Waals surface area contributed by atoms with Gasteiger partial charge in [-0.2, -0.15) is 5.10 Å². The predicted molar refractivity (Wildman–Crippen MR) is 93.7 cm³/mol. The van der Waals surface area contributed by atoms with E-state index in [2.05, 4.69) is 31.4 Å². The van der Waals surface area contributed by atoms with Crippen molar-refractivity contribution >= 4 is 39.0 Å². The monoisotopic (exact) mass is 371 g/mol. The number of H-pyrrole nitrogens is 1. The van der Waals surface area contributed by atoms with Gasteiger partial charge in [-0.3, -0.25) is 4.79 Å². The summed E-state index contributed by atoms with van der Waals surface area (Å²) >= 11 is 3.35. The van der Waals surface area contributed by atoms with E-state index in [1.807, 2.05) is 42.6 Å². The average Bonchev–Trinajstić information content (AvgIpc) is 2.97.